The number of carbonyl (C=O) groups is 1. The van der Waals surface area contributed by atoms with E-state index in [0.717, 1.165) is 24.5 Å². The molecule has 0 aliphatic carbocycles. The Morgan fingerprint density at radius 2 is 1.90 bits per heavy atom. The number of aromatic nitrogens is 3. The SMILES string of the molecule is CCc1nc(CC)n(CC(N)(C(N)=O)c2ccccc2)n1. The van der Waals surface area contributed by atoms with Crippen LogP contribution in [0.15, 0.2) is 30.3 Å². The Balaban J connectivity index is 2.41. The third-order valence-corrected chi connectivity index (χ3v) is 3.55. The first-order chi connectivity index (χ1) is 10.0. The van der Waals surface area contributed by atoms with Crippen LogP contribution < -0.4 is 11.5 Å². The molecule has 0 radical (unpaired) electrons. The smallest absolute Gasteiger partial charge is 0.244 e. The summed E-state index contributed by atoms with van der Waals surface area (Å²) in [5.41, 5.74) is 11.2. The average molecular weight is 287 g/mol. The van der Waals surface area contributed by atoms with Crippen LogP contribution >= 0.6 is 0 Å². The summed E-state index contributed by atoms with van der Waals surface area (Å²) < 4.78 is 1.69. The second-order valence-corrected chi connectivity index (χ2v) is 5.01. The largest absolute Gasteiger partial charge is 0.368 e. The Morgan fingerprint density at radius 1 is 1.24 bits per heavy atom. The number of amides is 1. The maximum atomic E-state index is 11.9. The topological polar surface area (TPSA) is 99.8 Å². The van der Waals surface area contributed by atoms with Crippen LogP contribution in [0.25, 0.3) is 0 Å². The van der Waals surface area contributed by atoms with Crippen LogP contribution in [-0.4, -0.2) is 20.7 Å². The van der Waals surface area contributed by atoms with Crippen molar-refractivity contribution in [1.82, 2.24) is 14.8 Å². The van der Waals surface area contributed by atoms with E-state index in [1.807, 2.05) is 32.0 Å². The minimum atomic E-state index is -1.30. The zero-order valence-electron chi connectivity index (χ0n) is 12.4. The van der Waals surface area contributed by atoms with Gasteiger partial charge in [0.1, 0.15) is 11.4 Å². The van der Waals surface area contributed by atoms with Gasteiger partial charge in [-0.3, -0.25) is 4.79 Å². The van der Waals surface area contributed by atoms with E-state index in [1.165, 1.54) is 0 Å². The fourth-order valence-corrected chi connectivity index (χ4v) is 2.25. The highest BCUT2D eigenvalue weighted by molar-refractivity contribution is 5.85. The molecule has 21 heavy (non-hydrogen) atoms. The number of nitrogens with zero attached hydrogens (tertiary/aromatic N) is 3. The molecule has 0 bridgehead atoms. The number of nitrogens with two attached hydrogens (primary N) is 2. The van der Waals surface area contributed by atoms with Gasteiger partial charge in [-0.25, -0.2) is 9.67 Å². The maximum Gasteiger partial charge on any atom is 0.244 e. The first-order valence-corrected chi connectivity index (χ1v) is 7.08. The quantitative estimate of drug-likeness (QED) is 0.818. The molecule has 0 saturated heterocycles. The molecule has 4 N–H and O–H groups in total. The second-order valence-electron chi connectivity index (χ2n) is 5.01. The fourth-order valence-electron chi connectivity index (χ4n) is 2.25. The summed E-state index contributed by atoms with van der Waals surface area (Å²) in [6.07, 6.45) is 1.45. The molecular formula is C15H21N5O. The maximum absolute atomic E-state index is 11.9. The number of hydrogen-bond acceptors (Lipinski definition) is 4. The van der Waals surface area contributed by atoms with Gasteiger partial charge in [0.15, 0.2) is 5.82 Å². The number of rotatable bonds is 6. The van der Waals surface area contributed by atoms with Crippen LogP contribution in [0.5, 0.6) is 0 Å². The number of carbonyl (C=O) groups excluding carboxylic acids is 1. The molecule has 1 unspecified atom stereocenters. The molecule has 0 saturated carbocycles. The zero-order valence-corrected chi connectivity index (χ0v) is 12.4. The van der Waals surface area contributed by atoms with Crippen molar-refractivity contribution < 1.29 is 4.79 Å². The molecule has 0 fully saturated rings. The third kappa shape index (κ3) is 2.95. The molecule has 1 heterocycles. The number of aryl methyl sites for hydroxylation is 2. The Bertz CT molecular complexity index is 622. The summed E-state index contributed by atoms with van der Waals surface area (Å²) in [4.78, 5) is 16.4. The second kappa shape index (κ2) is 6.05. The molecule has 1 atom stereocenters. The van der Waals surface area contributed by atoms with Crippen LogP contribution in [-0.2, 0) is 29.7 Å². The van der Waals surface area contributed by atoms with Crippen molar-refractivity contribution in [2.24, 2.45) is 11.5 Å². The Morgan fingerprint density at radius 3 is 2.43 bits per heavy atom. The molecular weight excluding hydrogens is 266 g/mol. The van der Waals surface area contributed by atoms with Crippen LogP contribution in [0.3, 0.4) is 0 Å². The van der Waals surface area contributed by atoms with Gasteiger partial charge in [0.25, 0.3) is 0 Å². The van der Waals surface area contributed by atoms with Gasteiger partial charge in [-0.1, -0.05) is 44.2 Å². The number of hydrogen-bond donors (Lipinski definition) is 2. The Hall–Kier alpha value is -2.21. The van der Waals surface area contributed by atoms with Crippen molar-refractivity contribution in [1.29, 1.82) is 0 Å². The summed E-state index contributed by atoms with van der Waals surface area (Å²) in [6, 6.07) is 9.13. The molecule has 6 nitrogen and oxygen atoms in total. The standard InChI is InChI=1S/C15H21N5O/c1-3-12-18-13(4-2)20(19-12)10-15(17,14(16)21)11-8-6-5-7-9-11/h5-9H,3-4,10,17H2,1-2H3,(H2,16,21). The summed E-state index contributed by atoms with van der Waals surface area (Å²) in [5.74, 6) is 0.967. The lowest BCUT2D eigenvalue weighted by molar-refractivity contribution is -0.124. The first kappa shape index (κ1) is 15.2. The van der Waals surface area contributed by atoms with Crippen molar-refractivity contribution in [3.05, 3.63) is 47.5 Å². The molecule has 0 aliphatic heterocycles. The lowest BCUT2D eigenvalue weighted by Gasteiger charge is -2.26. The van der Waals surface area contributed by atoms with E-state index < -0.39 is 11.4 Å². The van der Waals surface area contributed by atoms with Crippen LogP contribution in [0.2, 0.25) is 0 Å². The summed E-state index contributed by atoms with van der Waals surface area (Å²) in [7, 11) is 0. The molecule has 2 aromatic rings. The van der Waals surface area contributed by atoms with Crippen LogP contribution in [0, 0.1) is 0 Å². The van der Waals surface area contributed by atoms with Crippen molar-refractivity contribution in [3.8, 4) is 0 Å². The van der Waals surface area contributed by atoms with Gasteiger partial charge >= 0.3 is 0 Å². The predicted octanol–water partition coefficient (Wildman–Crippen LogP) is 0.742. The minimum Gasteiger partial charge on any atom is -0.368 e. The van der Waals surface area contributed by atoms with E-state index in [2.05, 4.69) is 10.1 Å². The van der Waals surface area contributed by atoms with Gasteiger partial charge in [0.2, 0.25) is 5.91 Å². The fraction of sp³-hybridized carbons (Fsp3) is 0.400. The highest BCUT2D eigenvalue weighted by Gasteiger charge is 2.35. The molecule has 1 amide bonds. The van der Waals surface area contributed by atoms with Crippen molar-refractivity contribution >= 4 is 5.91 Å². The van der Waals surface area contributed by atoms with Crippen LogP contribution in [0.4, 0.5) is 0 Å². The highest BCUT2D eigenvalue weighted by atomic mass is 16.1. The van der Waals surface area contributed by atoms with Crippen molar-refractivity contribution in [2.45, 2.75) is 38.8 Å². The van der Waals surface area contributed by atoms with E-state index >= 15 is 0 Å². The Kier molecular flexibility index (Phi) is 4.37. The monoisotopic (exact) mass is 287 g/mol. The van der Waals surface area contributed by atoms with Gasteiger partial charge in [0, 0.05) is 12.8 Å². The highest BCUT2D eigenvalue weighted by Crippen LogP contribution is 2.21. The molecule has 2 rings (SSSR count). The van der Waals surface area contributed by atoms with Gasteiger partial charge in [-0.05, 0) is 5.56 Å². The molecule has 6 heteroatoms. The van der Waals surface area contributed by atoms with Gasteiger partial charge in [0.05, 0.1) is 6.54 Å². The van der Waals surface area contributed by atoms with Gasteiger partial charge in [-0.15, -0.1) is 0 Å². The summed E-state index contributed by atoms with van der Waals surface area (Å²) in [5, 5.41) is 4.41. The molecule has 0 spiro atoms. The third-order valence-electron chi connectivity index (χ3n) is 3.55. The minimum absolute atomic E-state index is 0.183. The first-order valence-electron chi connectivity index (χ1n) is 7.08. The van der Waals surface area contributed by atoms with Crippen molar-refractivity contribution in [3.63, 3.8) is 0 Å². The predicted molar refractivity (Wildman–Crippen MR) is 80.3 cm³/mol. The molecule has 1 aromatic heterocycles. The van der Waals surface area contributed by atoms with E-state index in [-0.39, 0.29) is 6.54 Å². The van der Waals surface area contributed by atoms with E-state index in [1.54, 1.807) is 16.8 Å². The number of primary amides is 1. The Labute approximate surface area is 124 Å². The normalized spacial score (nSPS) is 13.9. The van der Waals surface area contributed by atoms with Gasteiger partial charge < -0.3 is 11.5 Å². The van der Waals surface area contributed by atoms with E-state index in [4.69, 9.17) is 11.5 Å². The van der Waals surface area contributed by atoms with Gasteiger partial charge in [-0.2, -0.15) is 5.10 Å². The molecule has 112 valence electrons. The average Bonchev–Trinajstić information content (AvgIpc) is 2.89. The number of benzene rings is 1. The summed E-state index contributed by atoms with van der Waals surface area (Å²) >= 11 is 0. The lowest BCUT2D eigenvalue weighted by atomic mass is 9.90. The van der Waals surface area contributed by atoms with E-state index in [9.17, 15) is 4.79 Å². The lowest BCUT2D eigenvalue weighted by Crippen LogP contribution is -2.52. The van der Waals surface area contributed by atoms with E-state index in [0.29, 0.717) is 5.56 Å². The van der Waals surface area contributed by atoms with Crippen molar-refractivity contribution in [2.75, 3.05) is 0 Å². The van der Waals surface area contributed by atoms with Crippen LogP contribution in [0.1, 0.15) is 31.1 Å². The molecule has 1 aromatic carbocycles. The zero-order chi connectivity index (χ0) is 15.5. The summed E-state index contributed by atoms with van der Waals surface area (Å²) in [6.45, 7) is 4.16. The molecule has 0 aliphatic rings.